The van der Waals surface area contributed by atoms with Crippen molar-refractivity contribution < 1.29 is 9.90 Å². The van der Waals surface area contributed by atoms with Gasteiger partial charge in [0.25, 0.3) is 0 Å². The van der Waals surface area contributed by atoms with Crippen molar-refractivity contribution in [1.29, 1.82) is 5.26 Å². The van der Waals surface area contributed by atoms with Gasteiger partial charge in [-0.2, -0.15) is 16.6 Å². The molecule has 0 bridgehead atoms. The molecule has 0 aliphatic rings. The van der Waals surface area contributed by atoms with Crippen LogP contribution in [0.4, 0.5) is 0 Å². The molecule has 0 aliphatic carbocycles. The first-order valence-electron chi connectivity index (χ1n) is 6.66. The molecule has 0 fully saturated rings. The molecule has 114 valence electrons. The molecule has 1 atom stereocenters. The van der Waals surface area contributed by atoms with Gasteiger partial charge in [-0.1, -0.05) is 0 Å². The van der Waals surface area contributed by atoms with Crippen LogP contribution < -0.4 is 5.32 Å². The van der Waals surface area contributed by atoms with Gasteiger partial charge in [-0.15, -0.1) is 11.8 Å². The maximum atomic E-state index is 11.9. The van der Waals surface area contributed by atoms with Crippen molar-refractivity contribution in [3.05, 3.63) is 52.2 Å². The van der Waals surface area contributed by atoms with Crippen molar-refractivity contribution in [3.63, 3.8) is 0 Å². The minimum absolute atomic E-state index is 0.134. The van der Waals surface area contributed by atoms with Gasteiger partial charge in [0.1, 0.15) is 5.60 Å². The fourth-order valence-electron chi connectivity index (χ4n) is 1.77. The maximum absolute atomic E-state index is 11.9. The Labute approximate surface area is 137 Å². The van der Waals surface area contributed by atoms with E-state index in [9.17, 15) is 9.90 Å². The molecule has 1 heterocycles. The molecule has 1 amide bonds. The van der Waals surface area contributed by atoms with Crippen molar-refractivity contribution in [2.24, 2.45) is 0 Å². The average molecular weight is 332 g/mol. The van der Waals surface area contributed by atoms with E-state index in [0.717, 1.165) is 10.5 Å². The largest absolute Gasteiger partial charge is 0.384 e. The normalized spacial score (nSPS) is 13.1. The van der Waals surface area contributed by atoms with Crippen LogP contribution in [0.2, 0.25) is 0 Å². The summed E-state index contributed by atoms with van der Waals surface area (Å²) < 4.78 is 0. The molecule has 0 spiro atoms. The summed E-state index contributed by atoms with van der Waals surface area (Å²) in [7, 11) is 0. The molecule has 1 aromatic heterocycles. The van der Waals surface area contributed by atoms with Gasteiger partial charge in [0.2, 0.25) is 5.91 Å². The highest BCUT2D eigenvalue weighted by Gasteiger charge is 2.24. The van der Waals surface area contributed by atoms with Crippen molar-refractivity contribution in [2.45, 2.75) is 17.4 Å². The molecule has 0 aliphatic heterocycles. The van der Waals surface area contributed by atoms with Gasteiger partial charge in [-0.05, 0) is 53.6 Å². The quantitative estimate of drug-likeness (QED) is 0.798. The molecule has 1 unspecified atom stereocenters. The van der Waals surface area contributed by atoms with Crippen LogP contribution in [-0.2, 0) is 10.4 Å². The first-order chi connectivity index (χ1) is 10.5. The van der Waals surface area contributed by atoms with Crippen molar-refractivity contribution >= 4 is 29.0 Å². The molecule has 2 aromatic rings. The molecule has 1 aromatic carbocycles. The Morgan fingerprint density at radius 2 is 2.14 bits per heavy atom. The summed E-state index contributed by atoms with van der Waals surface area (Å²) in [6.45, 7) is 1.86. The molecular weight excluding hydrogens is 316 g/mol. The number of amides is 1. The van der Waals surface area contributed by atoms with E-state index in [0.29, 0.717) is 5.56 Å². The summed E-state index contributed by atoms with van der Waals surface area (Å²) >= 11 is 2.91. The van der Waals surface area contributed by atoms with E-state index >= 15 is 0 Å². The Morgan fingerprint density at radius 1 is 1.41 bits per heavy atom. The third kappa shape index (κ3) is 4.60. The zero-order chi connectivity index (χ0) is 16.0. The smallest absolute Gasteiger partial charge is 0.230 e. The Hall–Kier alpha value is -1.81. The van der Waals surface area contributed by atoms with Crippen LogP contribution in [0.3, 0.4) is 0 Å². The second kappa shape index (κ2) is 7.45. The van der Waals surface area contributed by atoms with Crippen molar-refractivity contribution in [2.75, 3.05) is 12.3 Å². The lowest BCUT2D eigenvalue weighted by Crippen LogP contribution is -2.39. The molecule has 0 saturated heterocycles. The van der Waals surface area contributed by atoms with Gasteiger partial charge >= 0.3 is 0 Å². The van der Waals surface area contributed by atoms with Crippen LogP contribution in [0.25, 0.3) is 0 Å². The number of thiophene rings is 1. The lowest BCUT2D eigenvalue weighted by molar-refractivity contribution is -0.119. The van der Waals surface area contributed by atoms with Gasteiger partial charge in [0.05, 0.1) is 23.9 Å². The Balaban J connectivity index is 1.79. The highest BCUT2D eigenvalue weighted by molar-refractivity contribution is 8.00. The number of nitrogens with zero attached hydrogens (tertiary/aromatic N) is 1. The van der Waals surface area contributed by atoms with Crippen LogP contribution in [0.5, 0.6) is 0 Å². The maximum Gasteiger partial charge on any atom is 0.230 e. The molecule has 0 saturated carbocycles. The number of hydrogen-bond acceptors (Lipinski definition) is 5. The Kier molecular flexibility index (Phi) is 5.61. The van der Waals surface area contributed by atoms with Gasteiger partial charge in [0.15, 0.2) is 0 Å². The highest BCUT2D eigenvalue weighted by atomic mass is 32.2. The molecule has 0 radical (unpaired) electrons. The summed E-state index contributed by atoms with van der Waals surface area (Å²) in [6, 6.07) is 11.0. The number of nitrogens with one attached hydrogen (secondary N) is 1. The number of rotatable bonds is 6. The second-order valence-electron chi connectivity index (χ2n) is 4.99. The topological polar surface area (TPSA) is 73.1 Å². The third-order valence-corrected chi connectivity index (χ3v) is 4.82. The van der Waals surface area contributed by atoms with Gasteiger partial charge in [0, 0.05) is 4.90 Å². The van der Waals surface area contributed by atoms with Crippen LogP contribution in [0.15, 0.2) is 46.0 Å². The first kappa shape index (κ1) is 16.6. The Bertz CT molecular complexity index is 658. The zero-order valence-corrected chi connectivity index (χ0v) is 13.7. The first-order valence-corrected chi connectivity index (χ1v) is 8.59. The Morgan fingerprint density at radius 3 is 2.73 bits per heavy atom. The van der Waals surface area contributed by atoms with E-state index in [2.05, 4.69) is 11.4 Å². The number of benzene rings is 1. The van der Waals surface area contributed by atoms with E-state index < -0.39 is 5.60 Å². The number of hydrogen-bond donors (Lipinski definition) is 2. The van der Waals surface area contributed by atoms with Gasteiger partial charge in [-0.3, -0.25) is 4.79 Å². The monoisotopic (exact) mass is 332 g/mol. The molecule has 6 heteroatoms. The molecular formula is C16H16N2O2S2. The number of nitriles is 1. The predicted molar refractivity (Wildman–Crippen MR) is 88.8 cm³/mol. The van der Waals surface area contributed by atoms with E-state index in [-0.39, 0.29) is 18.2 Å². The lowest BCUT2D eigenvalue weighted by atomic mass is 9.99. The summed E-state index contributed by atoms with van der Waals surface area (Å²) in [5.74, 6) is 0.135. The lowest BCUT2D eigenvalue weighted by Gasteiger charge is -2.22. The number of carbonyl (C=O) groups is 1. The number of aliphatic hydroxyl groups is 1. The van der Waals surface area contributed by atoms with E-state index in [4.69, 9.17) is 5.26 Å². The number of carbonyl (C=O) groups excluding carboxylic acids is 1. The zero-order valence-electron chi connectivity index (χ0n) is 12.1. The van der Waals surface area contributed by atoms with Crippen LogP contribution >= 0.6 is 23.1 Å². The summed E-state index contributed by atoms with van der Waals surface area (Å²) in [6.07, 6.45) is 0. The number of thioether (sulfide) groups is 1. The van der Waals surface area contributed by atoms with E-state index in [1.807, 2.05) is 29.0 Å². The molecule has 22 heavy (non-hydrogen) atoms. The highest BCUT2D eigenvalue weighted by Crippen LogP contribution is 2.22. The SMILES string of the molecule is CC(O)(CNC(=O)CSc1ccc(C#N)cc1)c1ccsc1. The minimum Gasteiger partial charge on any atom is -0.384 e. The summed E-state index contributed by atoms with van der Waals surface area (Å²) in [4.78, 5) is 12.8. The average Bonchev–Trinajstić information content (AvgIpc) is 3.07. The van der Waals surface area contributed by atoms with Crippen LogP contribution in [-0.4, -0.2) is 23.3 Å². The van der Waals surface area contributed by atoms with Gasteiger partial charge in [-0.25, -0.2) is 0 Å². The van der Waals surface area contributed by atoms with E-state index in [1.165, 1.54) is 23.1 Å². The molecule has 2 rings (SSSR count). The fraction of sp³-hybridized carbons (Fsp3) is 0.250. The minimum atomic E-state index is -1.06. The molecule has 2 N–H and O–H groups in total. The predicted octanol–water partition coefficient (Wildman–Crippen LogP) is 2.74. The fourth-order valence-corrected chi connectivity index (χ4v) is 3.28. The van der Waals surface area contributed by atoms with Crippen molar-refractivity contribution in [1.82, 2.24) is 5.32 Å². The standard InChI is InChI=1S/C16H16N2O2S2/c1-16(20,13-6-7-21-9-13)11-18-15(19)10-22-14-4-2-12(8-17)3-5-14/h2-7,9,20H,10-11H2,1H3,(H,18,19). The second-order valence-corrected chi connectivity index (χ2v) is 6.82. The van der Waals surface area contributed by atoms with E-state index in [1.54, 1.807) is 19.1 Å². The summed E-state index contributed by atoms with van der Waals surface area (Å²) in [5.41, 5.74) is 0.340. The van der Waals surface area contributed by atoms with Gasteiger partial charge < -0.3 is 10.4 Å². The summed E-state index contributed by atoms with van der Waals surface area (Å²) in [5, 5.41) is 25.6. The van der Waals surface area contributed by atoms with Crippen LogP contribution in [0, 0.1) is 11.3 Å². The molecule has 4 nitrogen and oxygen atoms in total. The third-order valence-electron chi connectivity index (χ3n) is 3.13. The van der Waals surface area contributed by atoms with Crippen molar-refractivity contribution in [3.8, 4) is 6.07 Å². The van der Waals surface area contributed by atoms with Crippen LogP contribution in [0.1, 0.15) is 18.1 Å².